The van der Waals surface area contributed by atoms with Crippen LogP contribution in [0.1, 0.15) is 24.5 Å². The molecule has 3 nitrogen and oxygen atoms in total. The second-order valence-electron chi connectivity index (χ2n) is 3.53. The summed E-state index contributed by atoms with van der Waals surface area (Å²) in [6, 6.07) is 9.80. The maximum Gasteiger partial charge on any atom is 0.207 e. The van der Waals surface area contributed by atoms with Gasteiger partial charge in [-0.2, -0.15) is 5.26 Å². The zero-order valence-corrected chi connectivity index (χ0v) is 8.73. The zero-order chi connectivity index (χ0) is 11.1. The molecule has 78 valence electrons. The number of carbonyl (C=O) groups is 1. The molecular formula is C12H14N2O. The van der Waals surface area contributed by atoms with E-state index in [9.17, 15) is 4.79 Å². The van der Waals surface area contributed by atoms with Crippen molar-refractivity contribution in [3.05, 3.63) is 35.4 Å². The summed E-state index contributed by atoms with van der Waals surface area (Å²) in [5.74, 6) is 0. The molecule has 0 spiro atoms. The van der Waals surface area contributed by atoms with Crippen LogP contribution in [0.3, 0.4) is 0 Å². The highest BCUT2D eigenvalue weighted by Crippen LogP contribution is 2.07. The minimum atomic E-state index is 0.193. The largest absolute Gasteiger partial charge is 0.356 e. The Morgan fingerprint density at radius 2 is 2.13 bits per heavy atom. The number of hydrogen-bond acceptors (Lipinski definition) is 2. The van der Waals surface area contributed by atoms with Crippen LogP contribution in [0.5, 0.6) is 0 Å². The van der Waals surface area contributed by atoms with Gasteiger partial charge in [0.15, 0.2) is 0 Å². The lowest BCUT2D eigenvalue weighted by Gasteiger charge is -2.09. The maximum atomic E-state index is 10.2. The first-order chi connectivity index (χ1) is 7.26. The maximum absolute atomic E-state index is 10.2. The second kappa shape index (κ2) is 5.82. The molecule has 0 saturated heterocycles. The molecule has 0 bridgehead atoms. The van der Waals surface area contributed by atoms with E-state index in [4.69, 9.17) is 5.26 Å². The first-order valence-corrected chi connectivity index (χ1v) is 4.95. The number of benzene rings is 1. The molecule has 0 radical (unpaired) electrons. The fourth-order valence-electron chi connectivity index (χ4n) is 1.33. The van der Waals surface area contributed by atoms with E-state index in [0.717, 1.165) is 19.3 Å². The first-order valence-electron chi connectivity index (χ1n) is 4.95. The molecule has 0 aromatic heterocycles. The van der Waals surface area contributed by atoms with Gasteiger partial charge in [0.1, 0.15) is 0 Å². The van der Waals surface area contributed by atoms with E-state index in [1.165, 1.54) is 5.56 Å². The number of carbonyl (C=O) groups excluding carboxylic acids is 1. The van der Waals surface area contributed by atoms with Crippen molar-refractivity contribution in [2.24, 2.45) is 0 Å². The number of rotatable bonds is 5. The number of hydrogen-bond donors (Lipinski definition) is 1. The Bertz CT molecular complexity index is 351. The van der Waals surface area contributed by atoms with Crippen LogP contribution >= 0.6 is 0 Å². The van der Waals surface area contributed by atoms with Crippen molar-refractivity contribution in [3.8, 4) is 6.07 Å². The van der Waals surface area contributed by atoms with Crippen molar-refractivity contribution in [2.45, 2.75) is 25.8 Å². The zero-order valence-electron chi connectivity index (χ0n) is 8.73. The molecule has 0 aliphatic heterocycles. The number of amides is 1. The van der Waals surface area contributed by atoms with Crippen molar-refractivity contribution in [1.29, 1.82) is 5.26 Å². The van der Waals surface area contributed by atoms with E-state index >= 15 is 0 Å². The average molecular weight is 202 g/mol. The van der Waals surface area contributed by atoms with E-state index in [1.54, 1.807) is 0 Å². The number of nitrogens with zero attached hydrogens (tertiary/aromatic N) is 1. The third kappa shape index (κ3) is 3.82. The molecule has 1 atom stereocenters. The van der Waals surface area contributed by atoms with Crippen LogP contribution in [0.2, 0.25) is 0 Å². The summed E-state index contributed by atoms with van der Waals surface area (Å²) < 4.78 is 0. The van der Waals surface area contributed by atoms with Gasteiger partial charge in [0.25, 0.3) is 0 Å². The van der Waals surface area contributed by atoms with E-state index in [0.29, 0.717) is 5.56 Å². The molecule has 15 heavy (non-hydrogen) atoms. The van der Waals surface area contributed by atoms with Crippen molar-refractivity contribution in [2.75, 3.05) is 0 Å². The van der Waals surface area contributed by atoms with Gasteiger partial charge < -0.3 is 5.32 Å². The van der Waals surface area contributed by atoms with Crippen LogP contribution in [-0.4, -0.2) is 12.5 Å². The van der Waals surface area contributed by atoms with Crippen LogP contribution in [-0.2, 0) is 11.2 Å². The molecular weight excluding hydrogens is 188 g/mol. The second-order valence-corrected chi connectivity index (χ2v) is 3.53. The third-order valence-corrected chi connectivity index (χ3v) is 2.30. The summed E-state index contributed by atoms with van der Waals surface area (Å²) in [4.78, 5) is 10.2. The Kier molecular flexibility index (Phi) is 4.36. The lowest BCUT2D eigenvalue weighted by molar-refractivity contribution is -0.110. The molecule has 0 aliphatic carbocycles. The van der Waals surface area contributed by atoms with Gasteiger partial charge in [0.2, 0.25) is 6.41 Å². The van der Waals surface area contributed by atoms with Gasteiger partial charge in [-0.25, -0.2) is 0 Å². The van der Waals surface area contributed by atoms with Gasteiger partial charge in [-0.1, -0.05) is 12.1 Å². The third-order valence-electron chi connectivity index (χ3n) is 2.30. The van der Waals surface area contributed by atoms with E-state index in [1.807, 2.05) is 31.2 Å². The summed E-state index contributed by atoms with van der Waals surface area (Å²) >= 11 is 0. The smallest absolute Gasteiger partial charge is 0.207 e. The van der Waals surface area contributed by atoms with Gasteiger partial charge in [-0.15, -0.1) is 0 Å². The summed E-state index contributed by atoms with van der Waals surface area (Å²) in [6.07, 6.45) is 2.54. The minimum Gasteiger partial charge on any atom is -0.356 e. The Morgan fingerprint density at radius 1 is 1.47 bits per heavy atom. The van der Waals surface area contributed by atoms with Crippen LogP contribution in [0, 0.1) is 11.3 Å². The summed E-state index contributed by atoms with van der Waals surface area (Å²) in [7, 11) is 0. The number of nitrogens with one attached hydrogen (secondary N) is 1. The molecule has 1 rings (SSSR count). The van der Waals surface area contributed by atoms with Crippen molar-refractivity contribution in [1.82, 2.24) is 5.32 Å². The van der Waals surface area contributed by atoms with Crippen LogP contribution < -0.4 is 5.32 Å². The molecule has 1 amide bonds. The Hall–Kier alpha value is -1.82. The fourth-order valence-corrected chi connectivity index (χ4v) is 1.33. The Labute approximate surface area is 89.7 Å². The summed E-state index contributed by atoms with van der Waals surface area (Å²) in [5.41, 5.74) is 1.87. The van der Waals surface area contributed by atoms with Crippen LogP contribution in [0.4, 0.5) is 0 Å². The molecule has 0 saturated carbocycles. The first kappa shape index (κ1) is 11.3. The van der Waals surface area contributed by atoms with Crippen molar-refractivity contribution in [3.63, 3.8) is 0 Å². The Morgan fingerprint density at radius 3 is 2.67 bits per heavy atom. The average Bonchev–Trinajstić information content (AvgIpc) is 2.27. The summed E-state index contributed by atoms with van der Waals surface area (Å²) in [5, 5.41) is 11.3. The predicted octanol–water partition coefficient (Wildman–Crippen LogP) is 1.63. The lowest BCUT2D eigenvalue weighted by Crippen LogP contribution is -2.24. The summed E-state index contributed by atoms with van der Waals surface area (Å²) in [6.45, 7) is 1.97. The highest BCUT2D eigenvalue weighted by atomic mass is 16.1. The van der Waals surface area contributed by atoms with Crippen LogP contribution in [0.15, 0.2) is 24.3 Å². The number of nitriles is 1. The highest BCUT2D eigenvalue weighted by molar-refractivity contribution is 5.46. The normalized spacial score (nSPS) is 11.5. The monoisotopic (exact) mass is 202 g/mol. The standard InChI is InChI=1S/C12H14N2O/c1-10(14-9-15)2-3-11-4-6-12(8-13)7-5-11/h4-7,9-10H,2-3H2,1H3,(H,14,15). The fraction of sp³-hybridized carbons (Fsp3) is 0.333. The SMILES string of the molecule is CC(CCc1ccc(C#N)cc1)NC=O. The van der Waals surface area contributed by atoms with E-state index in [-0.39, 0.29) is 6.04 Å². The molecule has 1 aromatic carbocycles. The molecule has 1 unspecified atom stereocenters. The van der Waals surface area contributed by atoms with Gasteiger partial charge in [-0.05, 0) is 37.5 Å². The lowest BCUT2D eigenvalue weighted by atomic mass is 10.0. The quantitative estimate of drug-likeness (QED) is 0.738. The molecule has 1 aromatic rings. The van der Waals surface area contributed by atoms with Gasteiger partial charge >= 0.3 is 0 Å². The van der Waals surface area contributed by atoms with Crippen molar-refractivity contribution >= 4 is 6.41 Å². The molecule has 3 heteroatoms. The van der Waals surface area contributed by atoms with Gasteiger partial charge in [-0.3, -0.25) is 4.79 Å². The highest BCUT2D eigenvalue weighted by Gasteiger charge is 2.00. The minimum absolute atomic E-state index is 0.193. The molecule has 0 heterocycles. The van der Waals surface area contributed by atoms with E-state index in [2.05, 4.69) is 11.4 Å². The van der Waals surface area contributed by atoms with Gasteiger partial charge in [0.05, 0.1) is 11.6 Å². The molecule has 1 N–H and O–H groups in total. The van der Waals surface area contributed by atoms with E-state index < -0.39 is 0 Å². The number of aryl methyl sites for hydroxylation is 1. The van der Waals surface area contributed by atoms with Crippen LogP contribution in [0.25, 0.3) is 0 Å². The Balaban J connectivity index is 2.44. The molecule has 0 fully saturated rings. The van der Waals surface area contributed by atoms with Gasteiger partial charge in [0, 0.05) is 6.04 Å². The topological polar surface area (TPSA) is 52.9 Å². The molecule has 0 aliphatic rings. The predicted molar refractivity (Wildman–Crippen MR) is 58.1 cm³/mol. The van der Waals surface area contributed by atoms with Crippen molar-refractivity contribution < 1.29 is 4.79 Å².